The topological polar surface area (TPSA) is 55.8 Å². The van der Waals surface area contributed by atoms with E-state index in [0.717, 1.165) is 35.0 Å². The number of unbranched alkanes of at least 4 members (excludes halogenated alkanes) is 3. The van der Waals surface area contributed by atoms with E-state index in [2.05, 4.69) is 6.92 Å². The molecule has 1 aliphatic heterocycles. The van der Waals surface area contributed by atoms with Crippen molar-refractivity contribution in [1.29, 1.82) is 0 Å². The van der Waals surface area contributed by atoms with Gasteiger partial charge in [-0.05, 0) is 41.8 Å². The van der Waals surface area contributed by atoms with Gasteiger partial charge in [0.25, 0.3) is 11.8 Å². The summed E-state index contributed by atoms with van der Waals surface area (Å²) in [5.74, 6) is 0.341. The Morgan fingerprint density at radius 2 is 1.30 bits per heavy atom. The van der Waals surface area contributed by atoms with E-state index in [1.54, 1.807) is 12.1 Å². The van der Waals surface area contributed by atoms with Gasteiger partial charge in [-0.15, -0.1) is 0 Å². The van der Waals surface area contributed by atoms with Crippen LogP contribution in [0.5, 0.6) is 11.5 Å². The molecule has 0 fully saturated rings. The summed E-state index contributed by atoms with van der Waals surface area (Å²) in [6, 6.07) is 15.2. The lowest BCUT2D eigenvalue weighted by Crippen LogP contribution is -2.33. The van der Waals surface area contributed by atoms with Crippen molar-refractivity contribution < 1.29 is 19.2 Å². The van der Waals surface area contributed by atoms with Crippen LogP contribution in [0.2, 0.25) is 0 Å². The summed E-state index contributed by atoms with van der Waals surface area (Å²) in [6.45, 7) is 2.94. The first-order valence-corrected chi connectivity index (χ1v) is 9.25. The third kappa shape index (κ3) is 4.97. The van der Waals surface area contributed by atoms with Crippen molar-refractivity contribution in [2.24, 2.45) is 0 Å². The second-order valence-electron chi connectivity index (χ2n) is 6.35. The lowest BCUT2D eigenvalue weighted by atomic mass is 10.1. The van der Waals surface area contributed by atoms with Crippen molar-refractivity contribution in [3.8, 4) is 22.6 Å². The van der Waals surface area contributed by atoms with E-state index in [9.17, 15) is 9.59 Å². The normalized spacial score (nSPS) is 13.3. The molecule has 2 aromatic carbocycles. The molecule has 3 rings (SSSR count). The van der Waals surface area contributed by atoms with Crippen LogP contribution < -0.4 is 9.57 Å². The molecule has 0 N–H and O–H groups in total. The number of imide groups is 1. The molecule has 0 radical (unpaired) electrons. The van der Waals surface area contributed by atoms with E-state index in [-0.39, 0.29) is 0 Å². The van der Waals surface area contributed by atoms with Gasteiger partial charge in [0.15, 0.2) is 5.75 Å². The van der Waals surface area contributed by atoms with E-state index in [1.165, 1.54) is 31.4 Å². The van der Waals surface area contributed by atoms with Gasteiger partial charge in [0.1, 0.15) is 5.75 Å². The number of nitrogens with zero attached hydrogens (tertiary/aromatic N) is 1. The van der Waals surface area contributed by atoms with E-state index in [1.807, 2.05) is 36.4 Å². The predicted molar refractivity (Wildman–Crippen MR) is 103 cm³/mol. The molecule has 0 saturated carbocycles. The minimum Gasteiger partial charge on any atom is -0.494 e. The summed E-state index contributed by atoms with van der Waals surface area (Å²) in [5, 5.41) is 0.738. The number of carbonyl (C=O) groups excluding carboxylic acids is 2. The number of hydrogen-bond acceptors (Lipinski definition) is 4. The molecule has 0 aliphatic carbocycles. The van der Waals surface area contributed by atoms with E-state index < -0.39 is 11.8 Å². The Labute approximate surface area is 159 Å². The fraction of sp³-hybridized carbons (Fsp3) is 0.273. The zero-order valence-electron chi connectivity index (χ0n) is 15.4. The molecular weight excluding hydrogens is 342 g/mol. The zero-order chi connectivity index (χ0) is 19.1. The summed E-state index contributed by atoms with van der Waals surface area (Å²) in [4.78, 5) is 28.4. The Morgan fingerprint density at radius 3 is 1.85 bits per heavy atom. The molecular formula is C22H23NO4. The van der Waals surface area contributed by atoms with Gasteiger partial charge in [-0.25, -0.2) is 0 Å². The van der Waals surface area contributed by atoms with Gasteiger partial charge in [-0.2, -0.15) is 0 Å². The van der Waals surface area contributed by atoms with Crippen LogP contribution >= 0.6 is 0 Å². The highest BCUT2D eigenvalue weighted by Crippen LogP contribution is 2.25. The predicted octanol–water partition coefficient (Wildman–Crippen LogP) is 4.53. The maximum absolute atomic E-state index is 11.5. The highest BCUT2D eigenvalue weighted by Gasteiger charge is 2.25. The first-order chi connectivity index (χ1) is 13.2. The van der Waals surface area contributed by atoms with Gasteiger partial charge < -0.3 is 9.57 Å². The molecule has 140 valence electrons. The lowest BCUT2D eigenvalue weighted by Gasteiger charge is -2.14. The van der Waals surface area contributed by atoms with Gasteiger partial charge >= 0.3 is 0 Å². The molecule has 0 bridgehead atoms. The standard InChI is InChI=1S/C22H23NO4/c1-2-3-4-5-16-26-19-10-6-17(7-11-19)18-8-12-20(13-9-18)27-23-21(24)14-15-22(23)25/h6-15H,2-5,16H2,1H3. The number of amides is 2. The number of hydroxylamine groups is 2. The average molecular weight is 365 g/mol. The molecule has 5 nitrogen and oxygen atoms in total. The minimum atomic E-state index is -0.477. The molecule has 0 atom stereocenters. The van der Waals surface area contributed by atoms with E-state index in [4.69, 9.17) is 9.57 Å². The fourth-order valence-corrected chi connectivity index (χ4v) is 2.75. The smallest absolute Gasteiger partial charge is 0.287 e. The van der Waals surface area contributed by atoms with Crippen LogP contribution in [-0.4, -0.2) is 23.5 Å². The van der Waals surface area contributed by atoms with Crippen LogP contribution in [0.4, 0.5) is 0 Å². The van der Waals surface area contributed by atoms with Crippen LogP contribution in [0.25, 0.3) is 11.1 Å². The van der Waals surface area contributed by atoms with E-state index in [0.29, 0.717) is 5.75 Å². The van der Waals surface area contributed by atoms with E-state index >= 15 is 0 Å². The third-order valence-electron chi connectivity index (χ3n) is 4.27. The molecule has 0 saturated heterocycles. The van der Waals surface area contributed by atoms with Crippen molar-refractivity contribution in [3.05, 3.63) is 60.7 Å². The molecule has 0 aromatic heterocycles. The molecule has 27 heavy (non-hydrogen) atoms. The van der Waals surface area contributed by atoms with Gasteiger partial charge in [-0.3, -0.25) is 9.59 Å². The first kappa shape index (κ1) is 18.7. The monoisotopic (exact) mass is 365 g/mol. The maximum atomic E-state index is 11.5. The summed E-state index contributed by atoms with van der Waals surface area (Å²) in [6.07, 6.45) is 7.12. The van der Waals surface area contributed by atoms with Gasteiger partial charge in [0.05, 0.1) is 6.61 Å². The molecule has 0 unspecified atom stereocenters. The van der Waals surface area contributed by atoms with Gasteiger partial charge in [0.2, 0.25) is 0 Å². The van der Waals surface area contributed by atoms with Crippen LogP contribution in [0.15, 0.2) is 60.7 Å². The summed E-state index contributed by atoms with van der Waals surface area (Å²) >= 11 is 0. The van der Waals surface area contributed by atoms with Crippen molar-refractivity contribution in [1.82, 2.24) is 5.06 Å². The average Bonchev–Trinajstić information content (AvgIpc) is 3.01. The molecule has 5 heteroatoms. The van der Waals surface area contributed by atoms with Crippen LogP contribution in [-0.2, 0) is 9.59 Å². The molecule has 1 aliphatic rings. The van der Waals surface area contributed by atoms with Crippen LogP contribution in [0.3, 0.4) is 0 Å². The Balaban J connectivity index is 1.55. The Morgan fingerprint density at radius 1 is 0.741 bits per heavy atom. The Hall–Kier alpha value is -3.08. The number of hydrogen-bond donors (Lipinski definition) is 0. The third-order valence-corrected chi connectivity index (χ3v) is 4.27. The van der Waals surface area contributed by atoms with Crippen molar-refractivity contribution in [2.45, 2.75) is 32.6 Å². The molecule has 2 amide bonds. The lowest BCUT2D eigenvalue weighted by molar-refractivity contribution is -0.162. The largest absolute Gasteiger partial charge is 0.494 e. The molecule has 1 heterocycles. The SMILES string of the molecule is CCCCCCOc1ccc(-c2ccc(ON3C(=O)C=CC3=O)cc2)cc1. The Kier molecular flexibility index (Phi) is 6.26. The number of carbonyl (C=O) groups is 2. The van der Waals surface area contributed by atoms with Gasteiger partial charge in [0, 0.05) is 12.2 Å². The van der Waals surface area contributed by atoms with Crippen molar-refractivity contribution in [3.63, 3.8) is 0 Å². The van der Waals surface area contributed by atoms with Crippen molar-refractivity contribution in [2.75, 3.05) is 6.61 Å². The second-order valence-corrected chi connectivity index (χ2v) is 6.35. The minimum absolute atomic E-state index is 0.427. The zero-order valence-corrected chi connectivity index (χ0v) is 15.4. The Bertz CT molecular complexity index is 791. The quantitative estimate of drug-likeness (QED) is 0.484. The highest BCUT2D eigenvalue weighted by molar-refractivity contribution is 6.12. The molecule has 0 spiro atoms. The summed E-state index contributed by atoms with van der Waals surface area (Å²) < 4.78 is 5.76. The van der Waals surface area contributed by atoms with Crippen LogP contribution in [0, 0.1) is 0 Å². The van der Waals surface area contributed by atoms with Crippen LogP contribution in [0.1, 0.15) is 32.6 Å². The number of rotatable bonds is 9. The molecule has 2 aromatic rings. The fourth-order valence-electron chi connectivity index (χ4n) is 2.75. The summed E-state index contributed by atoms with van der Waals surface area (Å²) in [5.41, 5.74) is 2.06. The van der Waals surface area contributed by atoms with Crippen molar-refractivity contribution >= 4 is 11.8 Å². The highest BCUT2D eigenvalue weighted by atomic mass is 16.7. The number of benzene rings is 2. The number of ether oxygens (including phenoxy) is 1. The maximum Gasteiger partial charge on any atom is 0.287 e. The first-order valence-electron chi connectivity index (χ1n) is 9.25. The second kappa shape index (κ2) is 9.03. The van der Waals surface area contributed by atoms with Gasteiger partial charge in [-0.1, -0.05) is 55.5 Å². The summed E-state index contributed by atoms with van der Waals surface area (Å²) in [7, 11) is 0.